The summed E-state index contributed by atoms with van der Waals surface area (Å²) in [6.07, 6.45) is 7.29. The minimum absolute atomic E-state index is 0.0179. The molecule has 5 nitrogen and oxygen atoms in total. The van der Waals surface area contributed by atoms with Crippen LogP contribution in [0.15, 0.2) is 61.2 Å². The molecule has 0 saturated heterocycles. The lowest BCUT2D eigenvalue weighted by molar-refractivity contribution is 0.0690. The van der Waals surface area contributed by atoms with Crippen LogP contribution in [0.3, 0.4) is 0 Å². The summed E-state index contributed by atoms with van der Waals surface area (Å²) in [4.78, 5) is 22.6. The topological polar surface area (TPSA) is 76.0 Å². The molecule has 34 heavy (non-hydrogen) atoms. The molecule has 0 aromatic carbocycles. The van der Waals surface area contributed by atoms with E-state index in [1.165, 1.54) is 17.2 Å². The van der Waals surface area contributed by atoms with Crippen molar-refractivity contribution in [3.05, 3.63) is 89.3 Å². The number of pyridine rings is 3. The Labute approximate surface area is 205 Å². The van der Waals surface area contributed by atoms with Crippen molar-refractivity contribution >= 4 is 5.97 Å². The maximum Gasteiger partial charge on any atom is 0.354 e. The van der Waals surface area contributed by atoms with Crippen LogP contribution in [-0.2, 0) is 16.2 Å². The molecule has 0 radical (unpaired) electrons. The van der Waals surface area contributed by atoms with Crippen molar-refractivity contribution in [2.45, 2.75) is 85.5 Å². The first-order chi connectivity index (χ1) is 15.5. The number of carbonyl (C=O) groups is 1. The van der Waals surface area contributed by atoms with Crippen LogP contribution in [0.4, 0.5) is 0 Å². The number of carboxylic acid groups (broad SMARTS) is 1. The number of carboxylic acids is 1. The van der Waals surface area contributed by atoms with Crippen molar-refractivity contribution in [1.82, 2.24) is 15.0 Å². The van der Waals surface area contributed by atoms with Gasteiger partial charge in [-0.25, -0.2) is 9.78 Å². The van der Waals surface area contributed by atoms with Crippen LogP contribution in [0.2, 0.25) is 0 Å². The molecule has 0 spiro atoms. The highest BCUT2D eigenvalue weighted by Gasteiger charge is 2.15. The molecule has 3 heterocycles. The molecule has 0 bridgehead atoms. The molecule has 0 aliphatic rings. The van der Waals surface area contributed by atoms with E-state index in [0.29, 0.717) is 0 Å². The second-order valence-corrected chi connectivity index (χ2v) is 11.4. The van der Waals surface area contributed by atoms with Crippen molar-refractivity contribution in [2.75, 3.05) is 0 Å². The largest absolute Gasteiger partial charge is 0.477 e. The molecule has 0 unspecified atom stereocenters. The number of aryl methyl sites for hydroxylation is 1. The van der Waals surface area contributed by atoms with Crippen LogP contribution >= 0.6 is 0 Å². The zero-order valence-electron chi connectivity index (χ0n) is 22.5. The first-order valence-corrected chi connectivity index (χ1v) is 11.6. The van der Waals surface area contributed by atoms with Gasteiger partial charge in [0.15, 0.2) is 0 Å². The van der Waals surface area contributed by atoms with E-state index in [4.69, 9.17) is 5.11 Å². The lowest BCUT2D eigenvalue weighted by atomic mass is 9.88. The van der Waals surface area contributed by atoms with Gasteiger partial charge in [0.25, 0.3) is 0 Å². The number of hydrogen-bond donors (Lipinski definition) is 1. The van der Waals surface area contributed by atoms with Gasteiger partial charge in [-0.15, -0.1) is 0 Å². The fraction of sp³-hybridized carbons (Fsp3) is 0.448. The molecule has 1 N–H and O–H groups in total. The standard InChI is InChI=1S/C10H13NO2.C10H15N.C9H13N/c1-10(2,3)7-4-5-8(9(12)13)11-6-7;1-8-5-6-9(7-11-8)10(2,3)4;1-9(2,3)8-5-4-6-10-7-8/h4-6H,1-3H3,(H,12,13);5-7H,1-4H3;4-7H,1-3H3. The lowest BCUT2D eigenvalue weighted by Crippen LogP contribution is -2.12. The van der Waals surface area contributed by atoms with Crippen molar-refractivity contribution in [2.24, 2.45) is 0 Å². The highest BCUT2D eigenvalue weighted by Crippen LogP contribution is 2.22. The molecular weight excluding hydrogens is 422 g/mol. The zero-order valence-corrected chi connectivity index (χ0v) is 22.5. The molecule has 3 aromatic rings. The highest BCUT2D eigenvalue weighted by molar-refractivity contribution is 5.85. The van der Waals surface area contributed by atoms with Gasteiger partial charge >= 0.3 is 5.97 Å². The molecule has 0 amide bonds. The monoisotopic (exact) mass is 463 g/mol. The van der Waals surface area contributed by atoms with Crippen LogP contribution in [0.5, 0.6) is 0 Å². The lowest BCUT2D eigenvalue weighted by Gasteiger charge is -2.17. The first-order valence-electron chi connectivity index (χ1n) is 11.6. The number of aromatic carboxylic acids is 1. The minimum atomic E-state index is -0.986. The SMILES string of the molecule is CC(C)(C)c1ccc(C(=O)O)nc1.CC(C)(C)c1cccnc1.Cc1ccc(C(C)(C)C)cn1. The van der Waals surface area contributed by atoms with Gasteiger partial charge in [-0.05, 0) is 58.1 Å². The van der Waals surface area contributed by atoms with Gasteiger partial charge in [-0.3, -0.25) is 9.97 Å². The van der Waals surface area contributed by atoms with Crippen LogP contribution < -0.4 is 0 Å². The Morgan fingerprint density at radius 2 is 1.15 bits per heavy atom. The smallest absolute Gasteiger partial charge is 0.354 e. The molecule has 0 saturated carbocycles. The summed E-state index contributed by atoms with van der Waals surface area (Å²) in [6.45, 7) is 21.3. The van der Waals surface area contributed by atoms with Gasteiger partial charge in [0.1, 0.15) is 5.69 Å². The summed E-state index contributed by atoms with van der Waals surface area (Å²) >= 11 is 0. The molecule has 0 fully saturated rings. The molecule has 184 valence electrons. The molecule has 5 heteroatoms. The van der Waals surface area contributed by atoms with E-state index < -0.39 is 5.97 Å². The van der Waals surface area contributed by atoms with E-state index >= 15 is 0 Å². The quantitative estimate of drug-likeness (QED) is 0.415. The average molecular weight is 464 g/mol. The van der Waals surface area contributed by atoms with E-state index in [0.717, 1.165) is 11.3 Å². The summed E-state index contributed by atoms with van der Waals surface area (Å²) < 4.78 is 0. The third-order valence-corrected chi connectivity index (χ3v) is 5.15. The highest BCUT2D eigenvalue weighted by atomic mass is 16.4. The van der Waals surface area contributed by atoms with E-state index in [1.54, 1.807) is 18.5 Å². The van der Waals surface area contributed by atoms with Gasteiger partial charge in [0.2, 0.25) is 0 Å². The number of nitrogens with zero attached hydrogens (tertiary/aromatic N) is 3. The molecule has 3 rings (SSSR count). The predicted octanol–water partition coefficient (Wildman–Crippen LogP) is 7.14. The van der Waals surface area contributed by atoms with Crippen molar-refractivity contribution in [1.29, 1.82) is 0 Å². The summed E-state index contributed by atoms with van der Waals surface area (Å²) in [5.41, 5.74) is 5.26. The maximum atomic E-state index is 10.5. The third kappa shape index (κ3) is 10.2. The Hall–Kier alpha value is -3.08. The van der Waals surface area contributed by atoms with E-state index in [1.807, 2.05) is 25.4 Å². The van der Waals surface area contributed by atoms with Crippen molar-refractivity contribution in [3.63, 3.8) is 0 Å². The van der Waals surface area contributed by atoms with Gasteiger partial charge < -0.3 is 5.11 Å². The Morgan fingerprint density at radius 1 is 0.676 bits per heavy atom. The van der Waals surface area contributed by atoms with Crippen LogP contribution in [0, 0.1) is 6.92 Å². The van der Waals surface area contributed by atoms with Crippen LogP contribution in [0.1, 0.15) is 95.2 Å². The third-order valence-electron chi connectivity index (χ3n) is 5.15. The van der Waals surface area contributed by atoms with Crippen LogP contribution in [-0.4, -0.2) is 26.0 Å². The fourth-order valence-corrected chi connectivity index (χ4v) is 2.68. The van der Waals surface area contributed by atoms with E-state index in [9.17, 15) is 4.79 Å². The first kappa shape index (κ1) is 29.0. The molecule has 0 atom stereocenters. The van der Waals surface area contributed by atoms with Crippen molar-refractivity contribution in [3.8, 4) is 0 Å². The number of hydrogen-bond acceptors (Lipinski definition) is 4. The Balaban J connectivity index is 0.000000257. The minimum Gasteiger partial charge on any atom is -0.477 e. The van der Waals surface area contributed by atoms with Gasteiger partial charge in [0.05, 0.1) is 0 Å². The van der Waals surface area contributed by atoms with Gasteiger partial charge in [-0.2, -0.15) is 0 Å². The summed E-state index contributed by atoms with van der Waals surface area (Å²) in [7, 11) is 0. The van der Waals surface area contributed by atoms with Crippen molar-refractivity contribution < 1.29 is 9.90 Å². The summed E-state index contributed by atoms with van der Waals surface area (Å²) in [6, 6.07) is 11.6. The van der Waals surface area contributed by atoms with E-state index in [-0.39, 0.29) is 21.9 Å². The Bertz CT molecular complexity index is 1010. The molecular formula is C29H41N3O2. The molecule has 0 aliphatic carbocycles. The van der Waals surface area contributed by atoms with Crippen LogP contribution in [0.25, 0.3) is 0 Å². The Morgan fingerprint density at radius 3 is 1.44 bits per heavy atom. The summed E-state index contributed by atoms with van der Waals surface area (Å²) in [5.74, 6) is -0.986. The fourth-order valence-electron chi connectivity index (χ4n) is 2.68. The predicted molar refractivity (Wildman–Crippen MR) is 141 cm³/mol. The molecule has 3 aromatic heterocycles. The number of rotatable bonds is 1. The second kappa shape index (κ2) is 11.9. The summed E-state index contributed by atoms with van der Waals surface area (Å²) in [5, 5.41) is 8.62. The molecule has 0 aliphatic heterocycles. The average Bonchev–Trinajstić information content (AvgIpc) is 2.74. The number of aromatic nitrogens is 3. The van der Waals surface area contributed by atoms with Gasteiger partial charge in [0, 0.05) is 30.5 Å². The van der Waals surface area contributed by atoms with Gasteiger partial charge in [-0.1, -0.05) is 80.5 Å². The Kier molecular flexibility index (Phi) is 10.1. The van der Waals surface area contributed by atoms with E-state index in [2.05, 4.69) is 95.5 Å². The maximum absolute atomic E-state index is 10.5. The zero-order chi connectivity index (χ0) is 26.2. The second-order valence-electron chi connectivity index (χ2n) is 11.4. The normalized spacial score (nSPS) is 11.5.